The van der Waals surface area contributed by atoms with Crippen LogP contribution >= 0.6 is 0 Å². The fourth-order valence-electron chi connectivity index (χ4n) is 5.42. The van der Waals surface area contributed by atoms with Crippen molar-refractivity contribution in [3.63, 3.8) is 0 Å². The Bertz CT molecular complexity index is 1280. The normalized spacial score (nSPS) is 21.5. The largest absolute Gasteiger partial charge is 0.370 e. The van der Waals surface area contributed by atoms with Crippen molar-refractivity contribution in [3.8, 4) is 0 Å². The number of fused-ring (bicyclic) bond motifs is 1. The van der Waals surface area contributed by atoms with E-state index in [0.717, 1.165) is 67.4 Å². The maximum absolute atomic E-state index is 13.3. The number of hydrogen-bond acceptors (Lipinski definition) is 7. The molecule has 3 heterocycles. The van der Waals surface area contributed by atoms with Crippen LogP contribution in [0.3, 0.4) is 0 Å². The van der Waals surface area contributed by atoms with Crippen LogP contribution in [0.25, 0.3) is 10.9 Å². The lowest BCUT2D eigenvalue weighted by atomic mass is 9.90. The number of nitrogens with one attached hydrogen (secondary N) is 2. The van der Waals surface area contributed by atoms with Gasteiger partial charge in [-0.15, -0.1) is 0 Å². The van der Waals surface area contributed by atoms with Gasteiger partial charge in [-0.25, -0.2) is 19.9 Å². The van der Waals surface area contributed by atoms with Crippen LogP contribution in [-0.2, 0) is 0 Å². The Hall–Kier alpha value is -3.95. The van der Waals surface area contributed by atoms with Crippen molar-refractivity contribution in [2.45, 2.75) is 63.6 Å². The first-order valence-electron chi connectivity index (χ1n) is 13.1. The van der Waals surface area contributed by atoms with Gasteiger partial charge >= 0.3 is 0 Å². The second kappa shape index (κ2) is 11.0. The lowest BCUT2D eigenvalue weighted by Gasteiger charge is -2.30. The average molecular weight is 502 g/mol. The fourth-order valence-corrected chi connectivity index (χ4v) is 5.42. The Morgan fingerprint density at radius 3 is 2.78 bits per heavy atom. The highest BCUT2D eigenvalue weighted by Crippen LogP contribution is 2.28. The molecule has 1 amide bonds. The van der Waals surface area contributed by atoms with Crippen molar-refractivity contribution in [1.29, 1.82) is 0 Å². The molecule has 1 saturated carbocycles. The highest BCUT2D eigenvalue weighted by atomic mass is 16.2. The molecule has 2 fully saturated rings. The lowest BCUT2D eigenvalue weighted by molar-refractivity contribution is 0.0941. The van der Waals surface area contributed by atoms with E-state index in [1.54, 1.807) is 6.20 Å². The van der Waals surface area contributed by atoms with Gasteiger partial charge in [-0.1, -0.05) is 30.5 Å². The smallest absolute Gasteiger partial charge is 0.289 e. The third kappa shape index (κ3) is 5.73. The van der Waals surface area contributed by atoms with Crippen LogP contribution in [-0.4, -0.2) is 58.0 Å². The van der Waals surface area contributed by atoms with Gasteiger partial charge in [-0.2, -0.15) is 0 Å². The third-order valence-corrected chi connectivity index (χ3v) is 7.24. The lowest BCUT2D eigenvalue weighted by Crippen LogP contribution is -2.41. The molecule has 1 aromatic carbocycles. The molecule has 0 radical (unpaired) electrons. The number of carbonyl (C=O) groups excluding carboxylic acids is 1. The quantitative estimate of drug-likeness (QED) is 0.285. The van der Waals surface area contributed by atoms with Crippen molar-refractivity contribution in [1.82, 2.24) is 20.3 Å². The Kier molecular flexibility index (Phi) is 7.34. The molecule has 3 atom stereocenters. The van der Waals surface area contributed by atoms with Crippen LogP contribution in [0.4, 0.5) is 11.6 Å². The molecule has 1 aliphatic heterocycles. The fraction of sp³-hybridized carbons (Fsp3) is 0.444. The molecule has 2 aliphatic rings. The number of anilines is 2. The zero-order valence-electron chi connectivity index (χ0n) is 21.2. The van der Waals surface area contributed by atoms with Crippen LogP contribution in [0.5, 0.6) is 0 Å². The Morgan fingerprint density at radius 1 is 1.11 bits per heavy atom. The molecule has 0 spiro atoms. The molecule has 10 nitrogen and oxygen atoms in total. The number of aryl methyl sites for hydroxylation is 1. The summed E-state index contributed by atoms with van der Waals surface area (Å²) in [5.74, 6) is 1.52. The molecular weight excluding hydrogens is 466 g/mol. The summed E-state index contributed by atoms with van der Waals surface area (Å²) in [6.07, 6.45) is 7.84. The number of amides is 1. The van der Waals surface area contributed by atoms with Crippen molar-refractivity contribution >= 4 is 34.4 Å². The molecule has 2 aromatic heterocycles. The highest BCUT2D eigenvalue weighted by molar-refractivity contribution is 5.96. The second-order valence-corrected chi connectivity index (χ2v) is 9.96. The first-order chi connectivity index (χ1) is 18.0. The Morgan fingerprint density at radius 2 is 1.97 bits per heavy atom. The topological polar surface area (TPSA) is 147 Å². The summed E-state index contributed by atoms with van der Waals surface area (Å²) < 4.78 is 0. The van der Waals surface area contributed by atoms with Gasteiger partial charge in [0.25, 0.3) is 5.91 Å². The van der Waals surface area contributed by atoms with Gasteiger partial charge in [-0.3, -0.25) is 4.79 Å². The number of aliphatic imine (C=N–C) groups is 1. The first kappa shape index (κ1) is 24.7. The molecule has 10 heteroatoms. The van der Waals surface area contributed by atoms with E-state index >= 15 is 0 Å². The SMILES string of the molecule is Cc1ccc2nc(C(=O)NCC3CCCN3c3ccccn3)nc(N[C@H]3CCCC[C@H]3N=C(N)N)c2c1. The van der Waals surface area contributed by atoms with Crippen LogP contribution < -0.4 is 27.0 Å². The summed E-state index contributed by atoms with van der Waals surface area (Å²) in [7, 11) is 0. The van der Waals surface area contributed by atoms with E-state index in [1.807, 2.05) is 43.3 Å². The number of benzene rings is 1. The summed E-state index contributed by atoms with van der Waals surface area (Å²) in [5, 5.41) is 7.51. The summed E-state index contributed by atoms with van der Waals surface area (Å²) in [4.78, 5) is 33.8. The molecular formula is C27H35N9O. The molecule has 1 unspecified atom stereocenters. The predicted octanol–water partition coefficient (Wildman–Crippen LogP) is 2.73. The summed E-state index contributed by atoms with van der Waals surface area (Å²) >= 11 is 0. The van der Waals surface area contributed by atoms with Crippen LogP contribution in [0, 0.1) is 6.92 Å². The average Bonchev–Trinajstić information content (AvgIpc) is 3.37. The molecule has 0 bridgehead atoms. The van der Waals surface area contributed by atoms with Gasteiger partial charge in [0.2, 0.25) is 5.82 Å². The van der Waals surface area contributed by atoms with Gasteiger partial charge in [0.05, 0.1) is 17.6 Å². The minimum atomic E-state index is -0.289. The molecule has 1 saturated heterocycles. The number of rotatable bonds is 7. The van der Waals surface area contributed by atoms with Gasteiger partial charge in [0.15, 0.2) is 5.96 Å². The summed E-state index contributed by atoms with van der Waals surface area (Å²) in [6.45, 7) is 3.46. The van der Waals surface area contributed by atoms with E-state index in [-0.39, 0.29) is 35.8 Å². The Balaban J connectivity index is 1.37. The van der Waals surface area contributed by atoms with Crippen molar-refractivity contribution in [2.75, 3.05) is 23.3 Å². The number of guanidine groups is 1. The number of hydrogen-bond donors (Lipinski definition) is 4. The van der Waals surface area contributed by atoms with Gasteiger partial charge in [-0.05, 0) is 56.9 Å². The van der Waals surface area contributed by atoms with Gasteiger partial charge in [0, 0.05) is 30.7 Å². The highest BCUT2D eigenvalue weighted by Gasteiger charge is 2.28. The van der Waals surface area contributed by atoms with E-state index < -0.39 is 0 Å². The zero-order chi connectivity index (χ0) is 25.8. The standard InChI is InChI=1S/C27H35N9O/c1-17-11-12-20-19(15-17)24(33-21-8-2-3-9-22(21)34-27(28)29)35-25(32-20)26(37)31-16-18-7-6-14-36(18)23-10-4-5-13-30-23/h4-5,10-13,15,18,21-22H,2-3,6-9,14,16H2,1H3,(H,31,37)(H4,28,29,34)(H,32,33,35)/t18?,21-,22+/m0/s1. The maximum Gasteiger partial charge on any atom is 0.289 e. The maximum atomic E-state index is 13.3. The second-order valence-electron chi connectivity index (χ2n) is 9.96. The Labute approximate surface area is 217 Å². The van der Waals surface area contributed by atoms with Crippen molar-refractivity contribution in [3.05, 3.63) is 54.0 Å². The van der Waals surface area contributed by atoms with E-state index in [4.69, 9.17) is 16.5 Å². The van der Waals surface area contributed by atoms with Crippen molar-refractivity contribution in [2.24, 2.45) is 16.5 Å². The molecule has 5 rings (SSSR count). The minimum absolute atomic E-state index is 0.0239. The third-order valence-electron chi connectivity index (χ3n) is 7.24. The van der Waals surface area contributed by atoms with Crippen molar-refractivity contribution < 1.29 is 4.79 Å². The van der Waals surface area contributed by atoms with Gasteiger partial charge in [0.1, 0.15) is 11.6 Å². The van der Waals surface area contributed by atoms with Crippen LogP contribution in [0.15, 0.2) is 47.6 Å². The number of aromatic nitrogens is 3. The van der Waals surface area contributed by atoms with Crippen LogP contribution in [0.2, 0.25) is 0 Å². The molecule has 194 valence electrons. The van der Waals surface area contributed by atoms with E-state index in [0.29, 0.717) is 12.4 Å². The predicted molar refractivity (Wildman–Crippen MR) is 147 cm³/mol. The van der Waals surface area contributed by atoms with E-state index in [9.17, 15) is 4.79 Å². The number of nitrogens with zero attached hydrogens (tertiary/aromatic N) is 5. The van der Waals surface area contributed by atoms with Crippen LogP contribution in [0.1, 0.15) is 54.7 Å². The zero-order valence-corrected chi connectivity index (χ0v) is 21.2. The number of carbonyl (C=O) groups is 1. The van der Waals surface area contributed by atoms with E-state index in [1.165, 1.54) is 0 Å². The summed E-state index contributed by atoms with van der Waals surface area (Å²) in [6, 6.07) is 12.0. The number of nitrogens with two attached hydrogens (primary N) is 2. The summed E-state index contributed by atoms with van der Waals surface area (Å²) in [5.41, 5.74) is 13.2. The molecule has 3 aromatic rings. The molecule has 1 aliphatic carbocycles. The van der Waals surface area contributed by atoms with E-state index in [2.05, 4.69) is 30.5 Å². The molecule has 6 N–H and O–H groups in total. The number of pyridine rings is 1. The molecule has 37 heavy (non-hydrogen) atoms. The van der Waals surface area contributed by atoms with Gasteiger partial charge < -0.3 is 27.0 Å². The first-order valence-corrected chi connectivity index (χ1v) is 13.1. The monoisotopic (exact) mass is 501 g/mol. The minimum Gasteiger partial charge on any atom is -0.370 e.